The highest BCUT2D eigenvalue weighted by Gasteiger charge is 2.06. The molecular weight excluding hydrogens is 218 g/mol. The summed E-state index contributed by atoms with van der Waals surface area (Å²) in [6.45, 7) is 2.73. The molecule has 5 heteroatoms. The maximum absolute atomic E-state index is 10.4. The van der Waals surface area contributed by atoms with E-state index in [1.807, 2.05) is 0 Å². The van der Waals surface area contributed by atoms with Crippen LogP contribution in [-0.4, -0.2) is 36.8 Å². The van der Waals surface area contributed by atoms with E-state index in [9.17, 15) is 4.79 Å². The van der Waals surface area contributed by atoms with Crippen LogP contribution in [0.25, 0.3) is 0 Å². The number of carbonyl (C=O) groups is 1. The molecule has 0 radical (unpaired) electrons. The smallest absolute Gasteiger partial charge is 0.304 e. The van der Waals surface area contributed by atoms with E-state index in [0.717, 1.165) is 38.9 Å². The van der Waals surface area contributed by atoms with Crippen LogP contribution in [0.2, 0.25) is 0 Å². The molecule has 6 N–H and O–H groups in total. The molecule has 0 heterocycles. The molecule has 17 heavy (non-hydrogen) atoms. The lowest BCUT2D eigenvalue weighted by Crippen LogP contribution is -2.25. The summed E-state index contributed by atoms with van der Waals surface area (Å²) in [5, 5.41) is 11.9. The summed E-state index contributed by atoms with van der Waals surface area (Å²) in [4.78, 5) is 10.4. The second-order valence-electron chi connectivity index (χ2n) is 4.45. The Kier molecular flexibility index (Phi) is 11.4. The van der Waals surface area contributed by atoms with Crippen LogP contribution in [0, 0.1) is 0 Å². The first-order valence-electron chi connectivity index (χ1n) is 6.55. The molecule has 1 atom stereocenters. The van der Waals surface area contributed by atoms with Gasteiger partial charge in [-0.15, -0.1) is 0 Å². The van der Waals surface area contributed by atoms with Crippen LogP contribution < -0.4 is 16.8 Å². The molecule has 0 saturated heterocycles. The molecule has 0 aromatic rings. The zero-order valence-corrected chi connectivity index (χ0v) is 10.7. The summed E-state index contributed by atoms with van der Waals surface area (Å²) in [6, 6.07) is -0.209. The molecule has 0 aliphatic rings. The number of carboxylic acids is 1. The second-order valence-corrected chi connectivity index (χ2v) is 4.45. The summed E-state index contributed by atoms with van der Waals surface area (Å²) >= 11 is 0. The Labute approximate surface area is 104 Å². The number of unbranched alkanes of at least 4 members (excludes halogenated alkanes) is 3. The summed E-state index contributed by atoms with van der Waals surface area (Å²) in [5.74, 6) is -0.814. The maximum atomic E-state index is 10.4. The van der Waals surface area contributed by atoms with Crippen molar-refractivity contribution in [1.82, 2.24) is 5.32 Å². The summed E-state index contributed by atoms with van der Waals surface area (Å²) in [6.07, 6.45) is 6.51. The van der Waals surface area contributed by atoms with E-state index >= 15 is 0 Å². The molecule has 102 valence electrons. The van der Waals surface area contributed by atoms with Gasteiger partial charge in [0, 0.05) is 6.04 Å². The second kappa shape index (κ2) is 11.8. The predicted molar refractivity (Wildman–Crippen MR) is 69.9 cm³/mol. The monoisotopic (exact) mass is 245 g/mol. The van der Waals surface area contributed by atoms with Gasteiger partial charge in [-0.1, -0.05) is 12.8 Å². The third kappa shape index (κ3) is 13.3. The highest BCUT2D eigenvalue weighted by Crippen LogP contribution is 1.99. The SMILES string of the molecule is NCCCCCCNCCCC(N)CC(=O)O. The number of carboxylic acid groups (broad SMARTS) is 1. The first-order valence-corrected chi connectivity index (χ1v) is 6.55. The van der Waals surface area contributed by atoms with E-state index in [1.165, 1.54) is 19.3 Å². The van der Waals surface area contributed by atoms with Crippen molar-refractivity contribution in [2.45, 2.75) is 51.0 Å². The van der Waals surface area contributed by atoms with E-state index in [0.29, 0.717) is 0 Å². The van der Waals surface area contributed by atoms with Crippen LogP contribution in [-0.2, 0) is 4.79 Å². The predicted octanol–water partition coefficient (Wildman–Crippen LogP) is 0.677. The van der Waals surface area contributed by atoms with Gasteiger partial charge in [-0.3, -0.25) is 4.79 Å². The van der Waals surface area contributed by atoms with Crippen LogP contribution in [0.4, 0.5) is 0 Å². The van der Waals surface area contributed by atoms with Crippen molar-refractivity contribution >= 4 is 5.97 Å². The van der Waals surface area contributed by atoms with Gasteiger partial charge in [0.2, 0.25) is 0 Å². The first-order chi connectivity index (χ1) is 8.16. The van der Waals surface area contributed by atoms with Crippen LogP contribution in [0.3, 0.4) is 0 Å². The highest BCUT2D eigenvalue weighted by molar-refractivity contribution is 5.67. The molecule has 0 fully saturated rings. The largest absolute Gasteiger partial charge is 0.481 e. The lowest BCUT2D eigenvalue weighted by Gasteiger charge is -2.09. The van der Waals surface area contributed by atoms with Gasteiger partial charge in [0.1, 0.15) is 0 Å². The van der Waals surface area contributed by atoms with E-state index < -0.39 is 5.97 Å². The molecule has 0 amide bonds. The minimum Gasteiger partial charge on any atom is -0.481 e. The lowest BCUT2D eigenvalue weighted by atomic mass is 10.1. The number of hydrogen-bond acceptors (Lipinski definition) is 4. The van der Waals surface area contributed by atoms with Crippen LogP contribution >= 0.6 is 0 Å². The number of nitrogens with one attached hydrogen (secondary N) is 1. The van der Waals surface area contributed by atoms with Gasteiger partial charge in [0.15, 0.2) is 0 Å². The van der Waals surface area contributed by atoms with Gasteiger partial charge in [0.25, 0.3) is 0 Å². The number of nitrogens with two attached hydrogens (primary N) is 2. The summed E-state index contributed by atoms with van der Waals surface area (Å²) in [7, 11) is 0. The lowest BCUT2D eigenvalue weighted by molar-refractivity contribution is -0.137. The Balaban J connectivity index is 3.10. The van der Waals surface area contributed by atoms with Gasteiger partial charge in [-0.05, 0) is 45.3 Å². The van der Waals surface area contributed by atoms with E-state index in [1.54, 1.807) is 0 Å². The topological polar surface area (TPSA) is 101 Å². The van der Waals surface area contributed by atoms with Crippen molar-refractivity contribution in [2.24, 2.45) is 11.5 Å². The molecular formula is C12H27N3O2. The van der Waals surface area contributed by atoms with Crippen molar-refractivity contribution in [1.29, 1.82) is 0 Å². The number of rotatable bonds is 12. The minimum absolute atomic E-state index is 0.0685. The van der Waals surface area contributed by atoms with Crippen LogP contribution in [0.1, 0.15) is 44.9 Å². The Morgan fingerprint density at radius 1 is 1.12 bits per heavy atom. The molecule has 5 nitrogen and oxygen atoms in total. The molecule has 0 aliphatic carbocycles. The van der Waals surface area contributed by atoms with Crippen molar-refractivity contribution < 1.29 is 9.90 Å². The molecule has 0 aromatic heterocycles. The molecule has 0 rings (SSSR count). The average molecular weight is 245 g/mol. The zero-order chi connectivity index (χ0) is 12.9. The van der Waals surface area contributed by atoms with Gasteiger partial charge in [-0.25, -0.2) is 0 Å². The molecule has 0 aromatic carbocycles. The quantitative estimate of drug-likeness (QED) is 0.379. The van der Waals surface area contributed by atoms with Gasteiger partial charge in [-0.2, -0.15) is 0 Å². The molecule has 1 unspecified atom stereocenters. The standard InChI is InChI=1S/C12H27N3O2/c13-7-3-1-2-4-8-15-9-5-6-11(14)10-12(16)17/h11,15H,1-10,13-14H2,(H,16,17). The van der Waals surface area contributed by atoms with Crippen LogP contribution in [0.15, 0.2) is 0 Å². The summed E-state index contributed by atoms with van der Waals surface area (Å²) in [5.41, 5.74) is 11.1. The first kappa shape index (κ1) is 16.4. The highest BCUT2D eigenvalue weighted by atomic mass is 16.4. The Bertz CT molecular complexity index is 189. The van der Waals surface area contributed by atoms with E-state index in [-0.39, 0.29) is 12.5 Å². The van der Waals surface area contributed by atoms with E-state index in [4.69, 9.17) is 16.6 Å². The fraction of sp³-hybridized carbons (Fsp3) is 0.917. The third-order valence-electron chi connectivity index (χ3n) is 2.67. The fourth-order valence-corrected chi connectivity index (χ4v) is 1.69. The van der Waals surface area contributed by atoms with Crippen LogP contribution in [0.5, 0.6) is 0 Å². The van der Waals surface area contributed by atoms with Crippen molar-refractivity contribution in [3.63, 3.8) is 0 Å². The molecule has 0 spiro atoms. The van der Waals surface area contributed by atoms with Crippen molar-refractivity contribution in [3.8, 4) is 0 Å². The van der Waals surface area contributed by atoms with Gasteiger partial charge in [0.05, 0.1) is 6.42 Å². The Morgan fingerprint density at radius 3 is 2.41 bits per heavy atom. The minimum atomic E-state index is -0.814. The molecule has 0 aliphatic heterocycles. The van der Waals surface area contributed by atoms with E-state index in [2.05, 4.69) is 5.32 Å². The molecule has 0 bridgehead atoms. The third-order valence-corrected chi connectivity index (χ3v) is 2.67. The van der Waals surface area contributed by atoms with Gasteiger partial charge < -0.3 is 21.9 Å². The summed E-state index contributed by atoms with van der Waals surface area (Å²) < 4.78 is 0. The Morgan fingerprint density at radius 2 is 1.76 bits per heavy atom. The van der Waals surface area contributed by atoms with Crippen molar-refractivity contribution in [2.75, 3.05) is 19.6 Å². The average Bonchev–Trinajstić information content (AvgIpc) is 2.26. The van der Waals surface area contributed by atoms with Gasteiger partial charge >= 0.3 is 5.97 Å². The maximum Gasteiger partial charge on any atom is 0.304 e. The zero-order valence-electron chi connectivity index (χ0n) is 10.7. The fourth-order valence-electron chi connectivity index (χ4n) is 1.69. The number of aliphatic carboxylic acids is 1. The van der Waals surface area contributed by atoms with Crippen molar-refractivity contribution in [3.05, 3.63) is 0 Å². The Hall–Kier alpha value is -0.650. The number of hydrogen-bond donors (Lipinski definition) is 4. The normalized spacial score (nSPS) is 12.6. The molecule has 0 saturated carbocycles.